The van der Waals surface area contributed by atoms with Crippen molar-refractivity contribution in [2.24, 2.45) is 5.73 Å². The molecule has 0 aliphatic heterocycles. The van der Waals surface area contributed by atoms with E-state index in [0.717, 1.165) is 17.6 Å². The Bertz CT molecular complexity index is 539. The summed E-state index contributed by atoms with van der Waals surface area (Å²) < 4.78 is 31.2. The van der Waals surface area contributed by atoms with E-state index in [-0.39, 0.29) is 12.3 Å². The lowest BCUT2D eigenvalue weighted by Gasteiger charge is -2.29. The maximum Gasteiger partial charge on any atom is 0.317 e. The van der Waals surface area contributed by atoms with E-state index in [1.807, 2.05) is 0 Å². The van der Waals surface area contributed by atoms with Crippen LogP contribution in [0.4, 0.5) is 0 Å². The van der Waals surface area contributed by atoms with Gasteiger partial charge < -0.3 is 15.3 Å². The van der Waals surface area contributed by atoms with E-state index in [1.54, 1.807) is 0 Å². The Morgan fingerprint density at radius 2 is 1.00 bits per heavy atom. The predicted molar refractivity (Wildman–Crippen MR) is 139 cm³/mol. The number of rotatable bonds is 22. The summed E-state index contributed by atoms with van der Waals surface area (Å²) in [4.78, 5) is 9.24. The van der Waals surface area contributed by atoms with Crippen LogP contribution in [0.1, 0.15) is 116 Å². The summed E-state index contributed by atoms with van der Waals surface area (Å²) in [5.41, 5.74) is 4.57. The van der Waals surface area contributed by atoms with Gasteiger partial charge in [0.2, 0.25) is 0 Å². The van der Waals surface area contributed by atoms with Crippen LogP contribution in [0.5, 0.6) is 0 Å². The first-order chi connectivity index (χ1) is 15.5. The van der Waals surface area contributed by atoms with Crippen LogP contribution < -0.4 is 5.73 Å². The molecule has 0 aromatic heterocycles. The first kappa shape index (κ1) is 34.5. The second-order valence-electron chi connectivity index (χ2n) is 9.92. The van der Waals surface area contributed by atoms with Crippen molar-refractivity contribution in [2.75, 3.05) is 39.5 Å². The smallest absolute Gasteiger partial charge is 0.317 e. The minimum absolute atomic E-state index is 0.117. The molecule has 0 radical (unpaired) electrons. The lowest BCUT2D eigenvalue weighted by atomic mass is 10.0. The molecular formula is C25H55N2O5S+. The van der Waals surface area contributed by atoms with E-state index in [1.165, 1.54) is 103 Å². The summed E-state index contributed by atoms with van der Waals surface area (Å²) >= 11 is 0. The van der Waals surface area contributed by atoms with Crippen LogP contribution in [0.3, 0.4) is 0 Å². The van der Waals surface area contributed by atoms with Crippen LogP contribution in [-0.4, -0.2) is 68.0 Å². The quantitative estimate of drug-likeness (QED) is 0.102. The first-order valence-electron chi connectivity index (χ1n) is 13.2. The Balaban J connectivity index is 0. The van der Waals surface area contributed by atoms with Crippen molar-refractivity contribution in [1.82, 2.24) is 0 Å². The second kappa shape index (κ2) is 23.1. The molecular weight excluding hydrogens is 440 g/mol. The van der Waals surface area contributed by atoms with Crippen molar-refractivity contribution in [2.45, 2.75) is 116 Å². The molecule has 200 valence electrons. The van der Waals surface area contributed by atoms with Gasteiger partial charge in [-0.15, -0.1) is 0 Å². The van der Waals surface area contributed by atoms with E-state index >= 15 is 0 Å². The molecule has 0 heterocycles. The number of aliphatic carboxylic acids is 1. The largest absolute Gasteiger partial charge is 0.480 e. The molecule has 0 aromatic rings. The Kier molecular flexibility index (Phi) is 24.1. The van der Waals surface area contributed by atoms with Gasteiger partial charge in [0.1, 0.15) is 0 Å². The van der Waals surface area contributed by atoms with Crippen molar-refractivity contribution >= 4 is 16.1 Å². The van der Waals surface area contributed by atoms with Gasteiger partial charge in [-0.05, 0) is 12.8 Å². The number of carboxylic acid groups (broad SMARTS) is 1. The zero-order valence-corrected chi connectivity index (χ0v) is 22.7. The highest BCUT2D eigenvalue weighted by molar-refractivity contribution is 7.85. The molecule has 0 fully saturated rings. The van der Waals surface area contributed by atoms with Crippen LogP contribution in [0.2, 0.25) is 0 Å². The molecule has 8 heteroatoms. The standard InChI is InChI=1S/C23H49NO3S.C2H5NO2/c1-4-5-6-7-8-9-10-11-12-13-14-15-16-17-18-19-21-24(2,3)22-20-23-28(25,26)27;3-1-2(4)5/h4-23H2,1-3H3;1,3H2,(H,4,5)/p+1. The van der Waals surface area contributed by atoms with E-state index < -0.39 is 16.1 Å². The molecule has 33 heavy (non-hydrogen) atoms. The van der Waals surface area contributed by atoms with Gasteiger partial charge in [0.25, 0.3) is 10.1 Å². The van der Waals surface area contributed by atoms with Crippen LogP contribution in [0.15, 0.2) is 0 Å². The Morgan fingerprint density at radius 3 is 1.30 bits per heavy atom. The number of hydrogen-bond acceptors (Lipinski definition) is 4. The Morgan fingerprint density at radius 1 is 0.697 bits per heavy atom. The van der Waals surface area contributed by atoms with Crippen LogP contribution >= 0.6 is 0 Å². The monoisotopic (exact) mass is 495 g/mol. The molecule has 0 atom stereocenters. The van der Waals surface area contributed by atoms with Crippen LogP contribution in [0, 0.1) is 0 Å². The SMILES string of the molecule is CCCCCCCCCCCCCCCCCC[N+](C)(C)CCCS(=O)(=O)O.NCC(=O)O. The number of carboxylic acids is 1. The van der Waals surface area contributed by atoms with Crippen LogP contribution in [0.25, 0.3) is 0 Å². The van der Waals surface area contributed by atoms with Gasteiger partial charge in [-0.1, -0.05) is 96.8 Å². The fourth-order valence-corrected chi connectivity index (χ4v) is 4.37. The maximum atomic E-state index is 10.8. The molecule has 0 saturated heterocycles. The van der Waals surface area contributed by atoms with Crippen molar-refractivity contribution in [3.63, 3.8) is 0 Å². The van der Waals surface area contributed by atoms with E-state index in [2.05, 4.69) is 26.8 Å². The topological polar surface area (TPSA) is 118 Å². The summed E-state index contributed by atoms with van der Waals surface area (Å²) in [6.45, 7) is 3.89. The highest BCUT2D eigenvalue weighted by Crippen LogP contribution is 2.14. The third-order valence-corrected chi connectivity index (χ3v) is 6.76. The second-order valence-corrected chi connectivity index (χ2v) is 11.5. The Labute approximate surface area is 204 Å². The summed E-state index contributed by atoms with van der Waals surface area (Å²) in [5.74, 6) is -1.09. The predicted octanol–water partition coefficient (Wildman–Crippen LogP) is 5.63. The number of nitrogens with zero attached hydrogens (tertiary/aromatic N) is 1. The summed E-state index contributed by atoms with van der Waals surface area (Å²) in [7, 11) is 0.488. The van der Waals surface area contributed by atoms with Crippen molar-refractivity contribution < 1.29 is 27.4 Å². The van der Waals surface area contributed by atoms with E-state index in [0.29, 0.717) is 6.42 Å². The number of nitrogens with two attached hydrogens (primary N) is 1. The summed E-state index contributed by atoms with van der Waals surface area (Å²) in [6.07, 6.45) is 22.7. The summed E-state index contributed by atoms with van der Waals surface area (Å²) in [5, 5.41) is 7.60. The summed E-state index contributed by atoms with van der Waals surface area (Å²) in [6, 6.07) is 0. The third-order valence-electron chi connectivity index (χ3n) is 5.96. The number of carbonyl (C=O) groups is 1. The average Bonchev–Trinajstić information content (AvgIpc) is 2.72. The molecule has 0 spiro atoms. The molecule has 0 aliphatic carbocycles. The van der Waals surface area contributed by atoms with E-state index in [9.17, 15) is 13.2 Å². The zero-order chi connectivity index (χ0) is 25.4. The van der Waals surface area contributed by atoms with Crippen molar-refractivity contribution in [1.29, 1.82) is 0 Å². The lowest BCUT2D eigenvalue weighted by Crippen LogP contribution is -2.41. The average molecular weight is 496 g/mol. The van der Waals surface area contributed by atoms with Crippen molar-refractivity contribution in [3.8, 4) is 0 Å². The lowest BCUT2D eigenvalue weighted by molar-refractivity contribution is -0.890. The van der Waals surface area contributed by atoms with Gasteiger partial charge in [0.15, 0.2) is 0 Å². The van der Waals surface area contributed by atoms with Crippen LogP contribution in [-0.2, 0) is 14.9 Å². The molecule has 0 unspecified atom stereocenters. The van der Waals surface area contributed by atoms with Gasteiger partial charge in [-0.2, -0.15) is 8.42 Å². The number of unbranched alkanes of at least 4 members (excludes halogenated alkanes) is 15. The maximum absolute atomic E-state index is 10.8. The molecule has 0 amide bonds. The molecule has 0 aliphatic rings. The number of hydrogen-bond donors (Lipinski definition) is 3. The molecule has 0 rings (SSSR count). The first-order valence-corrected chi connectivity index (χ1v) is 14.8. The fourth-order valence-electron chi connectivity index (χ4n) is 3.87. The highest BCUT2D eigenvalue weighted by atomic mass is 32.2. The Hall–Kier alpha value is -0.700. The highest BCUT2D eigenvalue weighted by Gasteiger charge is 2.16. The van der Waals surface area contributed by atoms with Gasteiger partial charge in [0, 0.05) is 6.42 Å². The molecule has 4 N–H and O–H groups in total. The van der Waals surface area contributed by atoms with Gasteiger partial charge >= 0.3 is 5.97 Å². The van der Waals surface area contributed by atoms with Gasteiger partial charge in [-0.25, -0.2) is 0 Å². The normalized spacial score (nSPS) is 11.8. The molecule has 0 saturated carbocycles. The van der Waals surface area contributed by atoms with Crippen molar-refractivity contribution in [3.05, 3.63) is 0 Å². The van der Waals surface area contributed by atoms with E-state index in [4.69, 9.17) is 9.66 Å². The molecule has 0 aromatic carbocycles. The zero-order valence-electron chi connectivity index (χ0n) is 21.9. The minimum Gasteiger partial charge on any atom is -0.480 e. The van der Waals surface area contributed by atoms with Gasteiger partial charge in [-0.3, -0.25) is 9.35 Å². The number of quaternary nitrogens is 1. The fraction of sp³-hybridized carbons (Fsp3) is 0.960. The minimum atomic E-state index is -3.81. The third kappa shape index (κ3) is 33.6. The van der Waals surface area contributed by atoms with Gasteiger partial charge in [0.05, 0.1) is 39.5 Å². The molecule has 7 nitrogen and oxygen atoms in total. The molecule has 0 bridgehead atoms.